The van der Waals surface area contributed by atoms with E-state index < -0.39 is 11.6 Å². The van der Waals surface area contributed by atoms with Gasteiger partial charge in [0.25, 0.3) is 5.91 Å². The summed E-state index contributed by atoms with van der Waals surface area (Å²) >= 11 is 0. The smallest absolute Gasteiger partial charge is 0.268 e. The number of hydrogen-bond donors (Lipinski definition) is 1. The van der Waals surface area contributed by atoms with Gasteiger partial charge in [0, 0.05) is 36.9 Å². The average Bonchev–Trinajstić information content (AvgIpc) is 3.35. The molecule has 1 aromatic carbocycles. The monoisotopic (exact) mass is 387 g/mol. The number of benzene rings is 1. The average molecular weight is 387 g/mol. The number of carbonyl (C=O) groups is 1. The van der Waals surface area contributed by atoms with Crippen LogP contribution in [0.1, 0.15) is 34.7 Å². The van der Waals surface area contributed by atoms with Gasteiger partial charge in [0.1, 0.15) is 23.1 Å². The van der Waals surface area contributed by atoms with Gasteiger partial charge in [0.2, 0.25) is 0 Å². The van der Waals surface area contributed by atoms with Crippen LogP contribution in [0.25, 0.3) is 11.1 Å². The second-order valence-electron chi connectivity index (χ2n) is 7.26. The van der Waals surface area contributed by atoms with Gasteiger partial charge in [-0.05, 0) is 38.9 Å². The van der Waals surface area contributed by atoms with Crippen LogP contribution in [0.2, 0.25) is 0 Å². The third-order valence-electron chi connectivity index (χ3n) is 5.20. The lowest BCUT2D eigenvalue weighted by molar-refractivity contribution is 0.0941. The summed E-state index contributed by atoms with van der Waals surface area (Å²) < 4.78 is 34.8. The van der Waals surface area contributed by atoms with E-state index in [1.807, 2.05) is 13.0 Å². The van der Waals surface area contributed by atoms with E-state index in [2.05, 4.69) is 10.2 Å². The molecule has 3 aromatic rings. The fraction of sp³-hybridized carbons (Fsp3) is 0.381. The Kier molecular flexibility index (Phi) is 5.17. The summed E-state index contributed by atoms with van der Waals surface area (Å²) in [6.07, 6.45) is 2.41. The van der Waals surface area contributed by atoms with Crippen molar-refractivity contribution in [2.24, 2.45) is 0 Å². The van der Waals surface area contributed by atoms with E-state index in [9.17, 15) is 13.6 Å². The highest BCUT2D eigenvalue weighted by Gasteiger charge is 2.20. The number of furan rings is 1. The summed E-state index contributed by atoms with van der Waals surface area (Å²) in [5, 5.41) is 2.94. The highest BCUT2D eigenvalue weighted by atomic mass is 19.1. The van der Waals surface area contributed by atoms with Crippen molar-refractivity contribution in [1.29, 1.82) is 0 Å². The Morgan fingerprint density at radius 1 is 1.18 bits per heavy atom. The molecule has 1 aliphatic heterocycles. The van der Waals surface area contributed by atoms with Crippen LogP contribution in [0.15, 0.2) is 34.7 Å². The van der Waals surface area contributed by atoms with E-state index in [0.717, 1.165) is 25.7 Å². The van der Waals surface area contributed by atoms with Gasteiger partial charge in [-0.1, -0.05) is 6.07 Å². The molecule has 0 spiro atoms. The fourth-order valence-corrected chi connectivity index (χ4v) is 3.77. The summed E-state index contributed by atoms with van der Waals surface area (Å²) in [6.45, 7) is 5.44. The van der Waals surface area contributed by atoms with E-state index in [1.54, 1.807) is 10.6 Å². The molecular formula is C21H23F2N3O2. The number of hydrogen-bond acceptors (Lipinski definition) is 3. The molecule has 1 saturated heterocycles. The maximum atomic E-state index is 14.2. The number of halogens is 2. The second-order valence-corrected chi connectivity index (χ2v) is 7.26. The van der Waals surface area contributed by atoms with Crippen LogP contribution in [0.5, 0.6) is 0 Å². The highest BCUT2D eigenvalue weighted by molar-refractivity contribution is 5.97. The van der Waals surface area contributed by atoms with Crippen LogP contribution < -0.4 is 5.32 Å². The standard InChI is InChI=1S/C21H23F2N3O2/c1-14-10-18-20(28-14)12-19(21(27)24-6-9-25-7-2-3-8-25)26(18)13-15-4-5-16(22)11-17(15)23/h4-5,10-12H,2-3,6-9,13H2,1H3,(H,24,27). The zero-order valence-corrected chi connectivity index (χ0v) is 15.8. The minimum atomic E-state index is -0.637. The summed E-state index contributed by atoms with van der Waals surface area (Å²) in [5.74, 6) is -0.787. The van der Waals surface area contributed by atoms with Crippen LogP contribution in [0.3, 0.4) is 0 Å². The largest absolute Gasteiger partial charge is 0.460 e. The SMILES string of the molecule is Cc1cc2c(cc(C(=O)NCCN3CCCC3)n2Cc2ccc(F)cc2F)o1. The molecule has 1 amide bonds. The number of aromatic nitrogens is 1. The first-order valence-electron chi connectivity index (χ1n) is 9.55. The van der Waals surface area contributed by atoms with Crippen molar-refractivity contribution in [2.45, 2.75) is 26.3 Å². The van der Waals surface area contributed by atoms with Crippen molar-refractivity contribution in [3.8, 4) is 0 Å². The highest BCUT2D eigenvalue weighted by Crippen LogP contribution is 2.25. The fourth-order valence-electron chi connectivity index (χ4n) is 3.77. The van der Waals surface area contributed by atoms with Crippen LogP contribution in [0.4, 0.5) is 8.78 Å². The first-order chi connectivity index (χ1) is 13.5. The van der Waals surface area contributed by atoms with E-state index in [1.165, 1.54) is 25.0 Å². The molecule has 1 N–H and O–H groups in total. The number of nitrogens with one attached hydrogen (secondary N) is 1. The van der Waals surface area contributed by atoms with Gasteiger partial charge in [-0.2, -0.15) is 0 Å². The Hall–Kier alpha value is -2.67. The normalized spacial score (nSPS) is 14.8. The van der Waals surface area contributed by atoms with Gasteiger partial charge in [0.15, 0.2) is 5.58 Å². The molecule has 2 aromatic heterocycles. The number of amides is 1. The van der Waals surface area contributed by atoms with Crippen LogP contribution in [-0.2, 0) is 6.54 Å². The van der Waals surface area contributed by atoms with Crippen molar-refractivity contribution >= 4 is 17.0 Å². The number of likely N-dealkylation sites (tertiary alicyclic amines) is 1. The molecule has 28 heavy (non-hydrogen) atoms. The lowest BCUT2D eigenvalue weighted by Gasteiger charge is -2.15. The molecule has 0 atom stereocenters. The van der Waals surface area contributed by atoms with Gasteiger partial charge in [-0.15, -0.1) is 0 Å². The number of aryl methyl sites for hydroxylation is 1. The first kappa shape index (κ1) is 18.7. The molecule has 0 aliphatic carbocycles. The second kappa shape index (κ2) is 7.75. The zero-order chi connectivity index (χ0) is 19.7. The quantitative estimate of drug-likeness (QED) is 0.702. The lowest BCUT2D eigenvalue weighted by Crippen LogP contribution is -2.34. The van der Waals surface area contributed by atoms with Crippen LogP contribution in [0, 0.1) is 18.6 Å². The number of rotatable bonds is 6. The molecule has 3 heterocycles. The molecule has 0 bridgehead atoms. The Balaban J connectivity index is 1.57. The third kappa shape index (κ3) is 3.80. The minimum absolute atomic E-state index is 0.115. The van der Waals surface area contributed by atoms with Crippen molar-refractivity contribution in [3.05, 3.63) is 59.0 Å². The molecule has 0 unspecified atom stereocenters. The molecule has 1 aliphatic rings. The summed E-state index contributed by atoms with van der Waals surface area (Å²) in [4.78, 5) is 15.1. The number of fused-ring (bicyclic) bond motifs is 1. The Labute approximate surface area is 161 Å². The number of carbonyl (C=O) groups excluding carboxylic acids is 1. The van der Waals surface area contributed by atoms with Crippen molar-refractivity contribution in [3.63, 3.8) is 0 Å². The molecule has 0 saturated carbocycles. The molecule has 148 valence electrons. The van der Waals surface area contributed by atoms with E-state index in [0.29, 0.717) is 34.7 Å². The van der Waals surface area contributed by atoms with Crippen molar-refractivity contribution in [1.82, 2.24) is 14.8 Å². The predicted octanol–water partition coefficient (Wildman–Crippen LogP) is 3.69. The third-order valence-corrected chi connectivity index (χ3v) is 5.20. The summed E-state index contributed by atoms with van der Waals surface area (Å²) in [6, 6.07) is 6.97. The van der Waals surface area contributed by atoms with E-state index in [4.69, 9.17) is 4.42 Å². The molecule has 1 fully saturated rings. The van der Waals surface area contributed by atoms with Gasteiger partial charge >= 0.3 is 0 Å². The Morgan fingerprint density at radius 2 is 1.96 bits per heavy atom. The van der Waals surface area contributed by atoms with Crippen LogP contribution >= 0.6 is 0 Å². The van der Waals surface area contributed by atoms with Crippen molar-refractivity contribution < 1.29 is 18.0 Å². The first-order valence-corrected chi connectivity index (χ1v) is 9.55. The molecule has 0 radical (unpaired) electrons. The molecular weight excluding hydrogens is 364 g/mol. The maximum Gasteiger partial charge on any atom is 0.268 e. The number of nitrogens with zero attached hydrogens (tertiary/aromatic N) is 2. The van der Waals surface area contributed by atoms with Crippen molar-refractivity contribution in [2.75, 3.05) is 26.2 Å². The van der Waals surface area contributed by atoms with E-state index in [-0.39, 0.29) is 12.5 Å². The maximum absolute atomic E-state index is 14.2. The summed E-state index contributed by atoms with van der Waals surface area (Å²) in [7, 11) is 0. The van der Waals surface area contributed by atoms with E-state index >= 15 is 0 Å². The van der Waals surface area contributed by atoms with Crippen LogP contribution in [-0.4, -0.2) is 41.6 Å². The molecule has 7 heteroatoms. The predicted molar refractivity (Wildman–Crippen MR) is 102 cm³/mol. The topological polar surface area (TPSA) is 50.4 Å². The lowest BCUT2D eigenvalue weighted by atomic mass is 10.2. The minimum Gasteiger partial charge on any atom is -0.460 e. The zero-order valence-electron chi connectivity index (χ0n) is 15.8. The Bertz CT molecular complexity index is 1000. The van der Waals surface area contributed by atoms with Gasteiger partial charge in [-0.25, -0.2) is 8.78 Å². The summed E-state index contributed by atoms with van der Waals surface area (Å²) in [5.41, 5.74) is 2.00. The van der Waals surface area contributed by atoms with Gasteiger partial charge in [-0.3, -0.25) is 4.79 Å². The molecule has 4 rings (SSSR count). The Morgan fingerprint density at radius 3 is 2.71 bits per heavy atom. The molecule has 5 nitrogen and oxygen atoms in total. The van der Waals surface area contributed by atoms with Gasteiger partial charge < -0.3 is 19.2 Å². The van der Waals surface area contributed by atoms with Gasteiger partial charge in [0.05, 0.1) is 12.1 Å².